The summed E-state index contributed by atoms with van der Waals surface area (Å²) in [5.41, 5.74) is 6.06. The number of fused-ring (bicyclic) bond motifs is 1. The predicted octanol–water partition coefficient (Wildman–Crippen LogP) is 2.29. The molecule has 1 aliphatic heterocycles. The minimum Gasteiger partial charge on any atom is -0.466 e. The van der Waals surface area contributed by atoms with Crippen LogP contribution in [0.25, 0.3) is 10.8 Å². The maximum absolute atomic E-state index is 12.5. The van der Waals surface area contributed by atoms with E-state index >= 15 is 0 Å². The van der Waals surface area contributed by atoms with Crippen LogP contribution in [0.5, 0.6) is 0 Å². The maximum Gasteiger partial charge on any atom is 0.375 e. The van der Waals surface area contributed by atoms with Gasteiger partial charge in [0.25, 0.3) is 0 Å². The molecule has 8 heteroatoms. The first-order valence-corrected chi connectivity index (χ1v) is 9.42. The summed E-state index contributed by atoms with van der Waals surface area (Å²) in [5, 5.41) is 8.83. The molecule has 0 radical (unpaired) electrons. The number of nitrogens with zero attached hydrogens (tertiary/aromatic N) is 1. The number of nitrogen functional groups attached to an aromatic ring is 1. The summed E-state index contributed by atoms with van der Waals surface area (Å²) in [7, 11) is 0. The van der Waals surface area contributed by atoms with Gasteiger partial charge in [0.15, 0.2) is 0 Å². The average Bonchev–Trinajstić information content (AvgIpc) is 3.11. The number of benzene rings is 1. The Morgan fingerprint density at radius 3 is 2.75 bits per heavy atom. The highest BCUT2D eigenvalue weighted by atomic mass is 16.6. The van der Waals surface area contributed by atoms with Crippen molar-refractivity contribution in [3.05, 3.63) is 35.8 Å². The van der Waals surface area contributed by atoms with E-state index in [0.717, 1.165) is 13.1 Å². The van der Waals surface area contributed by atoms with Crippen LogP contribution >= 0.6 is 0 Å². The van der Waals surface area contributed by atoms with Crippen molar-refractivity contribution >= 4 is 28.5 Å². The summed E-state index contributed by atoms with van der Waals surface area (Å²) in [4.78, 5) is 26.1. The lowest BCUT2D eigenvalue weighted by Gasteiger charge is -2.31. The number of rotatable bonds is 7. The second-order valence-corrected chi connectivity index (χ2v) is 6.78. The zero-order valence-corrected chi connectivity index (χ0v) is 15.9. The van der Waals surface area contributed by atoms with E-state index in [0.29, 0.717) is 48.8 Å². The Kier molecular flexibility index (Phi) is 6.30. The van der Waals surface area contributed by atoms with Crippen molar-refractivity contribution in [2.75, 3.05) is 26.2 Å². The molecule has 0 amide bonds. The van der Waals surface area contributed by atoms with E-state index in [1.165, 1.54) is 6.26 Å². The number of carbonyl (C=O) groups is 2. The second-order valence-electron chi connectivity index (χ2n) is 6.78. The third-order valence-electron chi connectivity index (χ3n) is 4.84. The van der Waals surface area contributed by atoms with Crippen LogP contribution < -0.4 is 5.73 Å². The first-order valence-electron chi connectivity index (χ1n) is 9.42. The fraction of sp³-hybridized carbons (Fsp3) is 0.450. The number of esters is 2. The number of likely N-dealkylation sites (tertiary alicyclic amines) is 1. The first-order chi connectivity index (χ1) is 13.5. The number of nitrogens with one attached hydrogen (secondary N) is 1. The van der Waals surface area contributed by atoms with Crippen molar-refractivity contribution in [3.63, 3.8) is 0 Å². The number of carbonyl (C=O) groups excluding carboxylic acids is 2. The van der Waals surface area contributed by atoms with E-state index in [-0.39, 0.29) is 23.7 Å². The van der Waals surface area contributed by atoms with Gasteiger partial charge in [0.1, 0.15) is 11.9 Å². The molecule has 3 N–H and O–H groups in total. The standard InChI is InChI=1S/C20H25N3O5/c1-2-26-17(24)7-10-23-8-5-15(6-9-23)28-20(25)18-16-4-3-13(19(21)22)11-14(16)12-27-18/h3-4,11-12,15H,2,5-10H2,1H3,(H3,21,22). The summed E-state index contributed by atoms with van der Waals surface area (Å²) in [6, 6.07) is 5.10. The summed E-state index contributed by atoms with van der Waals surface area (Å²) in [6.45, 7) is 4.37. The number of hydrogen-bond acceptors (Lipinski definition) is 7. The molecule has 2 aromatic rings. The molecule has 0 bridgehead atoms. The van der Waals surface area contributed by atoms with Crippen molar-refractivity contribution in [1.82, 2.24) is 4.90 Å². The monoisotopic (exact) mass is 387 g/mol. The Morgan fingerprint density at radius 1 is 1.32 bits per heavy atom. The highest BCUT2D eigenvalue weighted by Crippen LogP contribution is 2.24. The topological polar surface area (TPSA) is 119 Å². The number of hydrogen-bond donors (Lipinski definition) is 2. The van der Waals surface area contributed by atoms with E-state index in [2.05, 4.69) is 4.90 Å². The van der Waals surface area contributed by atoms with E-state index in [4.69, 9.17) is 25.0 Å². The lowest BCUT2D eigenvalue weighted by molar-refractivity contribution is -0.143. The molecule has 1 fully saturated rings. The number of piperidine rings is 1. The Balaban J connectivity index is 1.53. The lowest BCUT2D eigenvalue weighted by atomic mass is 10.1. The fourth-order valence-electron chi connectivity index (χ4n) is 3.32. The molecule has 0 atom stereocenters. The van der Waals surface area contributed by atoms with Crippen LogP contribution in [0.4, 0.5) is 0 Å². The molecule has 0 aliphatic carbocycles. The summed E-state index contributed by atoms with van der Waals surface area (Å²) >= 11 is 0. The molecular formula is C20H25N3O5. The van der Waals surface area contributed by atoms with Gasteiger partial charge < -0.3 is 24.5 Å². The van der Waals surface area contributed by atoms with E-state index < -0.39 is 5.97 Å². The van der Waals surface area contributed by atoms with Gasteiger partial charge in [-0.1, -0.05) is 6.07 Å². The Labute approximate surface area is 163 Å². The number of furan rings is 1. The number of nitrogens with two attached hydrogens (primary N) is 1. The van der Waals surface area contributed by atoms with E-state index in [9.17, 15) is 9.59 Å². The van der Waals surface area contributed by atoms with Crippen LogP contribution in [-0.2, 0) is 14.3 Å². The van der Waals surface area contributed by atoms with Crippen LogP contribution in [0.1, 0.15) is 42.3 Å². The van der Waals surface area contributed by atoms with Crippen LogP contribution in [-0.4, -0.2) is 55.0 Å². The van der Waals surface area contributed by atoms with Crippen LogP contribution in [0.3, 0.4) is 0 Å². The summed E-state index contributed by atoms with van der Waals surface area (Å²) < 4.78 is 16.0. The van der Waals surface area contributed by atoms with Crippen molar-refractivity contribution in [1.29, 1.82) is 5.41 Å². The Morgan fingerprint density at radius 2 is 2.07 bits per heavy atom. The van der Waals surface area contributed by atoms with Gasteiger partial charge in [-0.15, -0.1) is 0 Å². The van der Waals surface area contributed by atoms with E-state index in [1.807, 2.05) is 0 Å². The molecule has 2 heterocycles. The Hall–Kier alpha value is -2.87. The van der Waals surface area contributed by atoms with Crippen molar-refractivity contribution in [3.8, 4) is 0 Å². The number of amidine groups is 1. The minimum atomic E-state index is -0.490. The quantitative estimate of drug-likeness (QED) is 0.425. The van der Waals surface area contributed by atoms with Crippen LogP contribution in [0, 0.1) is 5.41 Å². The smallest absolute Gasteiger partial charge is 0.375 e. The van der Waals surface area contributed by atoms with Gasteiger partial charge >= 0.3 is 11.9 Å². The molecule has 150 valence electrons. The van der Waals surface area contributed by atoms with Crippen LogP contribution in [0.15, 0.2) is 28.9 Å². The molecule has 1 aromatic carbocycles. The largest absolute Gasteiger partial charge is 0.466 e. The molecule has 0 saturated carbocycles. The second kappa shape index (κ2) is 8.88. The van der Waals surface area contributed by atoms with Gasteiger partial charge in [-0.3, -0.25) is 10.2 Å². The highest BCUT2D eigenvalue weighted by Gasteiger charge is 2.25. The molecule has 1 saturated heterocycles. The van der Waals surface area contributed by atoms with Crippen LogP contribution in [0.2, 0.25) is 0 Å². The van der Waals surface area contributed by atoms with Gasteiger partial charge in [0.2, 0.25) is 5.76 Å². The zero-order chi connectivity index (χ0) is 20.1. The van der Waals surface area contributed by atoms with E-state index in [1.54, 1.807) is 25.1 Å². The highest BCUT2D eigenvalue weighted by molar-refractivity contribution is 6.05. The predicted molar refractivity (Wildman–Crippen MR) is 103 cm³/mol. The third kappa shape index (κ3) is 4.69. The lowest BCUT2D eigenvalue weighted by Crippen LogP contribution is -2.39. The summed E-state index contributed by atoms with van der Waals surface area (Å²) in [5.74, 6) is -0.555. The first kappa shape index (κ1) is 19.9. The van der Waals surface area contributed by atoms with Gasteiger partial charge in [-0.05, 0) is 31.9 Å². The molecule has 1 aromatic heterocycles. The average molecular weight is 387 g/mol. The molecule has 8 nitrogen and oxygen atoms in total. The molecule has 0 unspecified atom stereocenters. The van der Waals surface area contributed by atoms with Crippen molar-refractivity contribution < 1.29 is 23.5 Å². The molecule has 0 spiro atoms. The Bertz CT molecular complexity index is 868. The molecular weight excluding hydrogens is 362 g/mol. The van der Waals surface area contributed by atoms with Gasteiger partial charge in [-0.25, -0.2) is 4.79 Å². The minimum absolute atomic E-state index is 0.0399. The van der Waals surface area contributed by atoms with Gasteiger partial charge in [0, 0.05) is 36.0 Å². The number of ether oxygens (including phenoxy) is 2. The maximum atomic E-state index is 12.5. The van der Waals surface area contributed by atoms with Gasteiger partial charge in [0.05, 0.1) is 19.3 Å². The SMILES string of the molecule is CCOC(=O)CCN1CCC(OC(=O)c2occ3cc(C(=N)N)ccc23)CC1. The summed E-state index contributed by atoms with van der Waals surface area (Å²) in [6.07, 6.45) is 3.08. The molecule has 28 heavy (non-hydrogen) atoms. The molecule has 3 rings (SSSR count). The van der Waals surface area contributed by atoms with Crippen molar-refractivity contribution in [2.24, 2.45) is 5.73 Å². The van der Waals surface area contributed by atoms with Gasteiger partial charge in [-0.2, -0.15) is 0 Å². The fourth-order valence-corrected chi connectivity index (χ4v) is 3.32. The normalized spacial score (nSPS) is 15.5. The zero-order valence-electron chi connectivity index (χ0n) is 15.9. The van der Waals surface area contributed by atoms with Crippen molar-refractivity contribution in [2.45, 2.75) is 32.3 Å². The molecule has 1 aliphatic rings. The third-order valence-corrected chi connectivity index (χ3v) is 4.84.